The SMILES string of the molecule is C=CO.O=P([O-])([O-])OP(=O)([O-])[O-].[Na+].[Na+].[Na+].[Na+]. The third-order valence-corrected chi connectivity index (χ3v) is 1.80. The number of phosphoric acid groups is 2. The number of aliphatic hydroxyl groups excluding tert-OH is 1. The van der Waals surface area contributed by atoms with Gasteiger partial charge in [0.25, 0.3) is 0 Å². The minimum absolute atomic E-state index is 0. The van der Waals surface area contributed by atoms with Crippen LogP contribution in [-0.4, -0.2) is 5.11 Å². The summed E-state index contributed by atoms with van der Waals surface area (Å²) < 4.78 is 21.2. The van der Waals surface area contributed by atoms with Gasteiger partial charge in [-0.05, 0) is 0 Å². The van der Waals surface area contributed by atoms with Crippen LogP contribution in [0.25, 0.3) is 0 Å². The van der Waals surface area contributed by atoms with Gasteiger partial charge in [-0.2, -0.15) is 0 Å². The molecule has 1 N–H and O–H groups in total. The topological polar surface area (TPSA) is 156 Å². The van der Waals surface area contributed by atoms with E-state index in [1.54, 1.807) is 0 Å². The van der Waals surface area contributed by atoms with Crippen molar-refractivity contribution in [2.75, 3.05) is 0 Å². The van der Waals surface area contributed by atoms with Crippen LogP contribution in [0.15, 0.2) is 12.8 Å². The van der Waals surface area contributed by atoms with Crippen molar-refractivity contribution in [3.63, 3.8) is 0 Å². The van der Waals surface area contributed by atoms with Crippen molar-refractivity contribution in [2.45, 2.75) is 0 Å². The fraction of sp³-hybridized carbons (Fsp3) is 0. The molecule has 0 bridgehead atoms. The van der Waals surface area contributed by atoms with E-state index in [1.165, 1.54) is 0 Å². The third kappa shape index (κ3) is 52.3. The molecule has 0 spiro atoms. The predicted octanol–water partition coefficient (Wildman–Crippen LogP) is -14.6. The Balaban J connectivity index is -0.0000000324. The Hall–Kier alpha value is 3.80. The summed E-state index contributed by atoms with van der Waals surface area (Å²) in [5, 5.41) is 7.33. The molecular weight excluding hydrogens is 306 g/mol. The summed E-state index contributed by atoms with van der Waals surface area (Å²) in [5.41, 5.74) is 0. The molecule has 0 saturated heterocycles. The van der Waals surface area contributed by atoms with Crippen molar-refractivity contribution in [3.8, 4) is 0 Å². The number of rotatable bonds is 2. The average Bonchev–Trinajstić information content (AvgIpc) is 1.53. The molecule has 0 radical (unpaired) electrons. The maximum atomic E-state index is 9.32. The molecule has 0 aromatic heterocycles. The molecule has 14 heteroatoms. The molecule has 0 unspecified atom stereocenters. The van der Waals surface area contributed by atoms with Crippen molar-refractivity contribution in [2.24, 2.45) is 0 Å². The number of hydrogen-bond acceptors (Lipinski definition) is 8. The minimum atomic E-state index is -5.68. The fourth-order valence-electron chi connectivity index (χ4n) is 0.122. The summed E-state index contributed by atoms with van der Waals surface area (Å²) in [4.78, 5) is 37.3. The van der Waals surface area contributed by atoms with E-state index in [0.29, 0.717) is 0 Å². The molecule has 0 aliphatic rings. The van der Waals surface area contributed by atoms with E-state index in [-0.39, 0.29) is 118 Å². The molecule has 0 aromatic rings. The molecule has 74 valence electrons. The first kappa shape index (κ1) is 36.7. The van der Waals surface area contributed by atoms with Gasteiger partial charge in [0.15, 0.2) is 0 Å². The molecule has 0 saturated carbocycles. The predicted molar refractivity (Wildman–Crippen MR) is 29.1 cm³/mol. The van der Waals surface area contributed by atoms with E-state index in [4.69, 9.17) is 5.11 Å². The Kier molecular flexibility index (Phi) is 43.2. The van der Waals surface area contributed by atoms with Gasteiger partial charge in [0.05, 0.1) is 21.9 Å². The standard InChI is InChI=1S/C2H4O.4Na.H4O7P2/c1-2-3;;;;;1-8(2,3)7-9(4,5)6/h2-3H,1H2;;;;;(H2,1,2,3)(H2,4,5,6)/q;4*+1;/p-4. The zero-order valence-electron chi connectivity index (χ0n) is 9.48. The van der Waals surface area contributed by atoms with Gasteiger partial charge in [-0.3, -0.25) is 0 Å². The van der Waals surface area contributed by atoms with Gasteiger partial charge in [-0.1, -0.05) is 6.58 Å². The van der Waals surface area contributed by atoms with E-state index in [2.05, 4.69) is 10.9 Å². The first-order valence-corrected chi connectivity index (χ1v) is 5.05. The molecule has 0 heterocycles. The van der Waals surface area contributed by atoms with Crippen molar-refractivity contribution in [1.82, 2.24) is 0 Å². The molecule has 16 heavy (non-hydrogen) atoms. The fourth-order valence-corrected chi connectivity index (χ4v) is 1.10. The van der Waals surface area contributed by atoms with Crippen LogP contribution in [0.2, 0.25) is 0 Å². The molecule has 0 fully saturated rings. The number of aliphatic hydroxyl groups is 1. The van der Waals surface area contributed by atoms with Crippen LogP contribution in [0.1, 0.15) is 0 Å². The van der Waals surface area contributed by atoms with E-state index >= 15 is 0 Å². The Morgan fingerprint density at radius 1 is 0.938 bits per heavy atom. The molecule has 0 aromatic carbocycles. The quantitative estimate of drug-likeness (QED) is 0.299. The third-order valence-electron chi connectivity index (χ3n) is 0.200. The zero-order chi connectivity index (χ0) is 10.4. The summed E-state index contributed by atoms with van der Waals surface area (Å²) in [6.45, 7) is 2.92. The summed E-state index contributed by atoms with van der Waals surface area (Å²) in [5.74, 6) is 0. The van der Waals surface area contributed by atoms with Gasteiger partial charge in [-0.25, -0.2) is 0 Å². The molecule has 0 rings (SSSR count). The van der Waals surface area contributed by atoms with Crippen LogP contribution in [0.5, 0.6) is 0 Å². The first-order valence-electron chi connectivity index (χ1n) is 2.13. The van der Waals surface area contributed by atoms with Crippen LogP contribution in [0.3, 0.4) is 0 Å². The minimum Gasteiger partial charge on any atom is -0.790 e. The zero-order valence-corrected chi connectivity index (χ0v) is 19.3. The van der Waals surface area contributed by atoms with Crippen molar-refractivity contribution in [3.05, 3.63) is 12.8 Å². The second-order valence-electron chi connectivity index (χ2n) is 1.16. The molecule has 8 nitrogen and oxygen atoms in total. The largest absolute Gasteiger partial charge is 1.00 e. The maximum absolute atomic E-state index is 9.32. The van der Waals surface area contributed by atoms with Gasteiger partial charge < -0.3 is 38.1 Å². The van der Waals surface area contributed by atoms with Gasteiger partial charge in [0.2, 0.25) is 0 Å². The van der Waals surface area contributed by atoms with Crippen molar-refractivity contribution < 1.29 is 156 Å². The Morgan fingerprint density at radius 2 is 1.06 bits per heavy atom. The maximum Gasteiger partial charge on any atom is 1.00 e. The average molecular weight is 310 g/mol. The summed E-state index contributed by atoms with van der Waals surface area (Å²) in [6, 6.07) is 0. The van der Waals surface area contributed by atoms with E-state index < -0.39 is 15.6 Å². The van der Waals surface area contributed by atoms with Gasteiger partial charge in [-0.15, -0.1) is 0 Å². The van der Waals surface area contributed by atoms with Crippen molar-refractivity contribution in [1.29, 1.82) is 0 Å². The molecule has 0 aliphatic heterocycles. The van der Waals surface area contributed by atoms with Gasteiger partial charge in [0.1, 0.15) is 0 Å². The summed E-state index contributed by atoms with van der Waals surface area (Å²) in [7, 11) is -11.4. The van der Waals surface area contributed by atoms with Crippen LogP contribution in [-0.2, 0) is 13.4 Å². The van der Waals surface area contributed by atoms with Crippen LogP contribution in [0, 0.1) is 0 Å². The Bertz CT molecular complexity index is 202. The summed E-state index contributed by atoms with van der Waals surface area (Å²) in [6.07, 6.45) is 0.750. The second kappa shape index (κ2) is 18.8. The Labute approximate surface area is 181 Å². The molecule has 0 atom stereocenters. The number of hydrogen-bond donors (Lipinski definition) is 1. The van der Waals surface area contributed by atoms with Crippen LogP contribution >= 0.6 is 15.6 Å². The molecule has 0 amide bonds. The van der Waals surface area contributed by atoms with E-state index in [1.807, 2.05) is 0 Å². The summed E-state index contributed by atoms with van der Waals surface area (Å²) >= 11 is 0. The van der Waals surface area contributed by atoms with E-state index in [0.717, 1.165) is 6.26 Å². The van der Waals surface area contributed by atoms with Gasteiger partial charge in [0, 0.05) is 0 Å². The molecular formula is C2H4Na4O8P2. The van der Waals surface area contributed by atoms with Gasteiger partial charge >= 0.3 is 118 Å². The van der Waals surface area contributed by atoms with Crippen molar-refractivity contribution >= 4 is 15.6 Å². The normalized spacial score (nSPS) is 8.50. The first-order chi connectivity index (χ1) is 5.12. The smallest absolute Gasteiger partial charge is 0.790 e. The van der Waals surface area contributed by atoms with Crippen LogP contribution in [0.4, 0.5) is 0 Å². The van der Waals surface area contributed by atoms with Crippen LogP contribution < -0.4 is 138 Å². The monoisotopic (exact) mass is 310 g/mol. The second-order valence-corrected chi connectivity index (χ2v) is 3.60. The van der Waals surface area contributed by atoms with E-state index in [9.17, 15) is 28.7 Å². The Morgan fingerprint density at radius 3 is 1.06 bits per heavy atom. The molecule has 0 aliphatic carbocycles.